The van der Waals surface area contributed by atoms with Crippen LogP contribution >= 0.6 is 0 Å². The van der Waals surface area contributed by atoms with Crippen LogP contribution < -0.4 is 4.74 Å². The quantitative estimate of drug-likeness (QED) is 0.737. The lowest BCUT2D eigenvalue weighted by atomic mass is 10.1. The summed E-state index contributed by atoms with van der Waals surface area (Å²) in [6.45, 7) is 4.24. The number of benzene rings is 1. The van der Waals surface area contributed by atoms with E-state index in [0.717, 1.165) is 16.9 Å². The monoisotopic (exact) mass is 236 g/mol. The molecule has 1 heterocycles. The van der Waals surface area contributed by atoms with Gasteiger partial charge in [-0.25, -0.2) is 0 Å². The molecule has 0 spiro atoms. The van der Waals surface area contributed by atoms with Gasteiger partial charge in [-0.15, -0.1) is 0 Å². The molecule has 0 saturated carbocycles. The van der Waals surface area contributed by atoms with Gasteiger partial charge in [0, 0.05) is 19.4 Å². The molecule has 1 aromatic rings. The Bertz CT molecular complexity index is 437. The van der Waals surface area contributed by atoms with E-state index in [-0.39, 0.29) is 12.4 Å². The Morgan fingerprint density at radius 2 is 2.24 bits per heavy atom. The van der Waals surface area contributed by atoms with E-state index in [2.05, 4.69) is 4.74 Å². The van der Waals surface area contributed by atoms with E-state index in [4.69, 9.17) is 9.47 Å². The maximum Gasteiger partial charge on any atom is 0.309 e. The van der Waals surface area contributed by atoms with Crippen molar-refractivity contribution in [3.8, 4) is 5.75 Å². The predicted octanol–water partition coefficient (Wildman–Crippen LogP) is 2.05. The largest absolute Gasteiger partial charge is 0.469 e. The van der Waals surface area contributed by atoms with Gasteiger partial charge < -0.3 is 14.2 Å². The number of hydrogen-bond donors (Lipinski definition) is 0. The van der Waals surface area contributed by atoms with Crippen LogP contribution in [-0.4, -0.2) is 18.9 Å². The van der Waals surface area contributed by atoms with Crippen molar-refractivity contribution in [2.24, 2.45) is 0 Å². The Morgan fingerprint density at radius 3 is 2.94 bits per heavy atom. The molecule has 1 aliphatic rings. The van der Waals surface area contributed by atoms with Crippen molar-refractivity contribution in [3.63, 3.8) is 0 Å². The van der Waals surface area contributed by atoms with E-state index in [1.165, 1.54) is 7.11 Å². The molecule has 1 aromatic carbocycles. The van der Waals surface area contributed by atoms with Gasteiger partial charge in [-0.05, 0) is 17.7 Å². The first-order chi connectivity index (χ1) is 8.00. The van der Waals surface area contributed by atoms with Gasteiger partial charge in [0.2, 0.25) is 5.79 Å². The van der Waals surface area contributed by atoms with E-state index in [9.17, 15) is 4.79 Å². The molecule has 4 heteroatoms. The van der Waals surface area contributed by atoms with Crippen LogP contribution in [0.4, 0.5) is 0 Å². The van der Waals surface area contributed by atoms with Gasteiger partial charge in [0.25, 0.3) is 0 Å². The third-order valence-electron chi connectivity index (χ3n) is 2.63. The summed E-state index contributed by atoms with van der Waals surface area (Å²) in [5.74, 6) is -0.0190. The van der Waals surface area contributed by atoms with Crippen molar-refractivity contribution >= 4 is 5.97 Å². The van der Waals surface area contributed by atoms with E-state index in [0.29, 0.717) is 6.61 Å². The number of esters is 1. The summed E-state index contributed by atoms with van der Waals surface area (Å²) in [6, 6.07) is 5.66. The van der Waals surface area contributed by atoms with Crippen LogP contribution in [0.3, 0.4) is 0 Å². The molecule has 1 aliphatic heterocycles. The van der Waals surface area contributed by atoms with Crippen LogP contribution in [0.1, 0.15) is 25.0 Å². The Kier molecular flexibility index (Phi) is 3.07. The van der Waals surface area contributed by atoms with E-state index in [1.807, 2.05) is 32.0 Å². The first kappa shape index (κ1) is 11.9. The van der Waals surface area contributed by atoms with Crippen LogP contribution in [0, 0.1) is 0 Å². The average Bonchev–Trinajstić information content (AvgIpc) is 2.28. The molecule has 0 amide bonds. The van der Waals surface area contributed by atoms with Crippen molar-refractivity contribution in [2.75, 3.05) is 7.11 Å². The maximum atomic E-state index is 11.2. The molecule has 0 bridgehead atoms. The summed E-state index contributed by atoms with van der Waals surface area (Å²) in [5, 5.41) is 0. The zero-order valence-corrected chi connectivity index (χ0v) is 10.3. The van der Waals surface area contributed by atoms with Crippen LogP contribution in [0.5, 0.6) is 5.75 Å². The highest BCUT2D eigenvalue weighted by atomic mass is 16.7. The third-order valence-corrected chi connectivity index (χ3v) is 2.63. The number of carbonyl (C=O) groups is 1. The number of ether oxygens (including phenoxy) is 3. The Balaban J connectivity index is 2.18. The Morgan fingerprint density at radius 1 is 1.47 bits per heavy atom. The highest BCUT2D eigenvalue weighted by Gasteiger charge is 2.27. The molecular weight excluding hydrogens is 220 g/mol. The number of rotatable bonds is 2. The summed E-state index contributed by atoms with van der Waals surface area (Å²) < 4.78 is 15.8. The minimum absolute atomic E-state index is 0.247. The molecule has 0 atom stereocenters. The summed E-state index contributed by atoms with van der Waals surface area (Å²) in [4.78, 5) is 11.2. The van der Waals surface area contributed by atoms with E-state index >= 15 is 0 Å². The fraction of sp³-hybridized carbons (Fsp3) is 0.462. The molecule has 0 unspecified atom stereocenters. The summed E-state index contributed by atoms with van der Waals surface area (Å²) in [5.41, 5.74) is 1.87. The molecule has 0 N–H and O–H groups in total. The topological polar surface area (TPSA) is 44.8 Å². The maximum absolute atomic E-state index is 11.2. The third kappa shape index (κ3) is 2.77. The minimum atomic E-state index is -0.586. The van der Waals surface area contributed by atoms with Gasteiger partial charge in [0.05, 0.1) is 20.1 Å². The lowest BCUT2D eigenvalue weighted by Gasteiger charge is -2.32. The van der Waals surface area contributed by atoms with Gasteiger partial charge >= 0.3 is 5.97 Å². The number of fused-ring (bicyclic) bond motifs is 1. The van der Waals surface area contributed by atoms with E-state index < -0.39 is 5.79 Å². The summed E-state index contributed by atoms with van der Waals surface area (Å²) >= 11 is 0. The summed E-state index contributed by atoms with van der Waals surface area (Å²) in [7, 11) is 1.38. The second-order valence-corrected chi connectivity index (χ2v) is 4.49. The zero-order valence-electron chi connectivity index (χ0n) is 10.3. The molecule has 92 valence electrons. The SMILES string of the molecule is COC(=O)Cc1ccc2c(c1)COC(C)(C)O2. The van der Waals surface area contributed by atoms with Crippen LogP contribution in [0.25, 0.3) is 0 Å². The molecular formula is C13H16O4. The molecule has 0 aliphatic carbocycles. The number of methoxy groups -OCH3 is 1. The Hall–Kier alpha value is -1.55. The smallest absolute Gasteiger partial charge is 0.309 e. The highest BCUT2D eigenvalue weighted by molar-refractivity contribution is 5.72. The van der Waals surface area contributed by atoms with Crippen molar-refractivity contribution in [1.82, 2.24) is 0 Å². The molecule has 17 heavy (non-hydrogen) atoms. The van der Waals surface area contributed by atoms with Crippen LogP contribution in [-0.2, 0) is 27.3 Å². The molecule has 4 nitrogen and oxygen atoms in total. The molecule has 0 saturated heterocycles. The van der Waals surface area contributed by atoms with Crippen molar-refractivity contribution in [1.29, 1.82) is 0 Å². The van der Waals surface area contributed by atoms with Crippen molar-refractivity contribution in [2.45, 2.75) is 32.7 Å². The lowest BCUT2D eigenvalue weighted by molar-refractivity contribution is -0.180. The lowest BCUT2D eigenvalue weighted by Crippen LogP contribution is -2.35. The predicted molar refractivity (Wildman–Crippen MR) is 61.7 cm³/mol. The molecule has 0 radical (unpaired) electrons. The standard InChI is InChI=1S/C13H16O4/c1-13(2)16-8-10-6-9(7-12(14)15-3)4-5-11(10)17-13/h4-6H,7-8H2,1-3H3. The molecule has 2 rings (SSSR count). The second-order valence-electron chi connectivity index (χ2n) is 4.49. The average molecular weight is 236 g/mol. The van der Waals surface area contributed by atoms with Gasteiger partial charge in [-0.1, -0.05) is 6.07 Å². The highest BCUT2D eigenvalue weighted by Crippen LogP contribution is 2.31. The van der Waals surface area contributed by atoms with Crippen molar-refractivity contribution in [3.05, 3.63) is 29.3 Å². The Labute approximate surface area is 100 Å². The van der Waals surface area contributed by atoms with Crippen LogP contribution in [0.2, 0.25) is 0 Å². The number of hydrogen-bond acceptors (Lipinski definition) is 4. The van der Waals surface area contributed by atoms with Gasteiger partial charge in [0.15, 0.2) is 0 Å². The fourth-order valence-corrected chi connectivity index (χ4v) is 1.74. The fourth-order valence-electron chi connectivity index (χ4n) is 1.74. The van der Waals surface area contributed by atoms with Crippen molar-refractivity contribution < 1.29 is 19.0 Å². The minimum Gasteiger partial charge on any atom is -0.469 e. The van der Waals surface area contributed by atoms with Crippen LogP contribution in [0.15, 0.2) is 18.2 Å². The van der Waals surface area contributed by atoms with E-state index in [1.54, 1.807) is 0 Å². The molecule has 0 aromatic heterocycles. The van der Waals surface area contributed by atoms with Gasteiger partial charge in [-0.3, -0.25) is 4.79 Å². The number of carbonyl (C=O) groups excluding carboxylic acids is 1. The van der Waals surface area contributed by atoms with Gasteiger partial charge in [0.1, 0.15) is 5.75 Å². The molecule has 0 fully saturated rings. The van der Waals surface area contributed by atoms with Gasteiger partial charge in [-0.2, -0.15) is 0 Å². The first-order valence-electron chi connectivity index (χ1n) is 5.52. The zero-order chi connectivity index (χ0) is 12.5. The normalized spacial score (nSPS) is 16.9. The second kappa shape index (κ2) is 4.37. The first-order valence-corrected chi connectivity index (χ1v) is 5.52. The summed E-state index contributed by atoms with van der Waals surface area (Å²) in [6.07, 6.45) is 0.271.